The topological polar surface area (TPSA) is 74.7 Å². The highest BCUT2D eigenvalue weighted by atomic mass is 32.2. The number of sulfonamides is 1. The summed E-state index contributed by atoms with van der Waals surface area (Å²) in [6, 6.07) is 0. The van der Waals surface area contributed by atoms with Crippen LogP contribution in [0.2, 0.25) is 0 Å². The smallest absolute Gasteiger partial charge is 0.470 e. The molecule has 0 atom stereocenters. The van der Waals surface area contributed by atoms with E-state index >= 15 is 0 Å². The second kappa shape index (κ2) is 7.26. The number of alkyl halides is 5. The summed E-state index contributed by atoms with van der Waals surface area (Å²) < 4.78 is 86.9. The molecule has 0 saturated heterocycles. The van der Waals surface area contributed by atoms with Gasteiger partial charge in [-0.2, -0.15) is 26.3 Å². The molecule has 0 radical (unpaired) electrons. The zero-order chi connectivity index (χ0) is 18.7. The van der Waals surface area contributed by atoms with Gasteiger partial charge in [-0.05, 0) is 0 Å². The maximum absolute atomic E-state index is 13.2. The molecule has 0 aliphatic rings. The highest BCUT2D eigenvalue weighted by molar-refractivity contribution is 7.90. The molecule has 0 aromatic heterocycles. The summed E-state index contributed by atoms with van der Waals surface area (Å²) in [5.74, 6) is -1.51. The number of carbonyl (C=O) groups is 1. The van der Waals surface area contributed by atoms with Gasteiger partial charge in [0, 0.05) is 19.5 Å². The summed E-state index contributed by atoms with van der Waals surface area (Å²) in [5, 5.41) is 2.53. The number of rotatable bonds is 9. The minimum Gasteiger partial charge on any atom is -0.481 e. The van der Waals surface area contributed by atoms with Gasteiger partial charge in [0.25, 0.3) is 10.0 Å². The Bertz CT molecular complexity index is 513. The molecule has 23 heavy (non-hydrogen) atoms. The molecule has 0 fully saturated rings. The van der Waals surface area contributed by atoms with Gasteiger partial charge in [0.2, 0.25) is 0 Å². The molecule has 0 aromatic rings. The van der Waals surface area contributed by atoms with Gasteiger partial charge in [-0.15, -0.1) is 0 Å². The van der Waals surface area contributed by atoms with Crippen molar-refractivity contribution < 1.29 is 44.8 Å². The maximum Gasteiger partial charge on any atom is 0.470 e. The monoisotopic (exact) mass is 371 g/mol. The van der Waals surface area contributed by atoms with Gasteiger partial charge in [0.05, 0.1) is 34.1 Å². The third kappa shape index (κ3) is 6.18. The Morgan fingerprint density at radius 1 is 1.09 bits per heavy atom. The average molecular weight is 371 g/mol. The molecule has 1 N–H and O–H groups in total. The summed E-state index contributed by atoms with van der Waals surface area (Å²) in [5.41, 5.74) is 0. The minimum absolute atomic E-state index is 0.00368. The third-order valence-electron chi connectivity index (χ3n) is 2.81. The van der Waals surface area contributed by atoms with Crippen LogP contribution in [0.4, 0.5) is 22.0 Å². The normalized spacial score (nSPS) is 14.3. The Hall–Kier alpha value is -1.01. The molecular weight excluding hydrogens is 351 g/mol. The van der Waals surface area contributed by atoms with Crippen LogP contribution in [0, 0.1) is 0 Å². The SMILES string of the molecule is C[N+](C)(C)CCCN(CCC(=O)O)S(=O)(=O)C(F)(F)C(F)(F)F. The third-order valence-corrected chi connectivity index (χ3v) is 4.73. The molecule has 0 heterocycles. The fourth-order valence-electron chi connectivity index (χ4n) is 1.60. The predicted molar refractivity (Wildman–Crippen MR) is 71.3 cm³/mol. The number of aliphatic carboxylic acids is 1. The van der Waals surface area contributed by atoms with Gasteiger partial charge in [-0.3, -0.25) is 4.79 Å². The molecule has 0 spiro atoms. The van der Waals surface area contributed by atoms with Gasteiger partial charge in [0.1, 0.15) is 0 Å². The van der Waals surface area contributed by atoms with E-state index in [0.29, 0.717) is 11.0 Å². The minimum atomic E-state index is -6.28. The van der Waals surface area contributed by atoms with Crippen molar-refractivity contribution in [1.82, 2.24) is 4.31 Å². The van der Waals surface area contributed by atoms with Gasteiger partial charge in [-0.25, -0.2) is 8.42 Å². The van der Waals surface area contributed by atoms with E-state index in [1.54, 1.807) is 21.1 Å². The number of carboxylic acids is 1. The molecule has 0 amide bonds. The average Bonchev–Trinajstić information content (AvgIpc) is 2.29. The number of hydrogen-bond donors (Lipinski definition) is 1. The van der Waals surface area contributed by atoms with Crippen molar-refractivity contribution in [2.45, 2.75) is 24.3 Å². The number of hydrogen-bond acceptors (Lipinski definition) is 3. The predicted octanol–water partition coefficient (Wildman–Crippen LogP) is 1.34. The van der Waals surface area contributed by atoms with Crippen LogP contribution in [-0.4, -0.2) is 80.5 Å². The summed E-state index contributed by atoms with van der Waals surface area (Å²) in [4.78, 5) is 10.5. The molecule has 0 aromatic carbocycles. The molecule has 0 bridgehead atoms. The Morgan fingerprint density at radius 3 is 1.91 bits per heavy atom. The zero-order valence-electron chi connectivity index (χ0n) is 12.9. The van der Waals surface area contributed by atoms with Crippen molar-refractivity contribution in [1.29, 1.82) is 0 Å². The fourth-order valence-corrected chi connectivity index (χ4v) is 2.92. The van der Waals surface area contributed by atoms with Crippen LogP contribution in [-0.2, 0) is 14.8 Å². The first-order valence-electron chi connectivity index (χ1n) is 6.49. The maximum atomic E-state index is 13.2. The first kappa shape index (κ1) is 22.0. The number of carboxylic acid groups (broad SMARTS) is 1. The van der Waals surface area contributed by atoms with E-state index in [2.05, 4.69) is 0 Å². The van der Waals surface area contributed by atoms with E-state index < -0.39 is 46.9 Å². The lowest BCUT2D eigenvalue weighted by molar-refractivity contribution is -0.870. The van der Waals surface area contributed by atoms with Crippen molar-refractivity contribution in [2.24, 2.45) is 0 Å². The lowest BCUT2D eigenvalue weighted by Crippen LogP contribution is -2.52. The second-order valence-corrected chi connectivity index (χ2v) is 7.91. The molecule has 138 valence electrons. The quantitative estimate of drug-likeness (QED) is 0.490. The van der Waals surface area contributed by atoms with E-state index in [4.69, 9.17) is 5.11 Å². The molecule has 0 aliphatic carbocycles. The fraction of sp³-hybridized carbons (Fsp3) is 0.909. The lowest BCUT2D eigenvalue weighted by Gasteiger charge is -2.29. The molecule has 0 rings (SSSR count). The van der Waals surface area contributed by atoms with Crippen LogP contribution in [0.15, 0.2) is 0 Å². The number of nitrogens with zero attached hydrogens (tertiary/aromatic N) is 2. The molecule has 0 unspecified atom stereocenters. The Labute approximate surface area is 131 Å². The number of halogens is 5. The molecule has 0 saturated carbocycles. The largest absolute Gasteiger partial charge is 0.481 e. The van der Waals surface area contributed by atoms with Crippen molar-refractivity contribution in [3.05, 3.63) is 0 Å². The Balaban J connectivity index is 5.36. The highest BCUT2D eigenvalue weighted by Gasteiger charge is 2.68. The van der Waals surface area contributed by atoms with Gasteiger partial charge in [-0.1, -0.05) is 0 Å². The van der Waals surface area contributed by atoms with Crippen LogP contribution >= 0.6 is 0 Å². The zero-order valence-corrected chi connectivity index (χ0v) is 13.7. The molecule has 6 nitrogen and oxygen atoms in total. The van der Waals surface area contributed by atoms with Crippen molar-refractivity contribution in [3.63, 3.8) is 0 Å². The molecule has 0 aliphatic heterocycles. The Morgan fingerprint density at radius 2 is 1.57 bits per heavy atom. The first-order chi connectivity index (χ1) is 10.0. The summed E-state index contributed by atoms with van der Waals surface area (Å²) >= 11 is 0. The highest BCUT2D eigenvalue weighted by Crippen LogP contribution is 2.41. The molecular formula is C11H20F5N2O4S+. The molecule has 12 heteroatoms. The summed E-state index contributed by atoms with van der Waals surface area (Å²) in [6.07, 6.45) is -7.17. The lowest BCUT2D eigenvalue weighted by atomic mass is 10.3. The van der Waals surface area contributed by atoms with E-state index in [-0.39, 0.29) is 10.7 Å². The summed E-state index contributed by atoms with van der Waals surface area (Å²) in [7, 11) is -0.899. The van der Waals surface area contributed by atoms with Crippen LogP contribution in [0.25, 0.3) is 0 Å². The summed E-state index contributed by atoms with van der Waals surface area (Å²) in [6.45, 7) is -1.28. The van der Waals surface area contributed by atoms with Crippen molar-refractivity contribution in [2.75, 3.05) is 40.8 Å². The van der Waals surface area contributed by atoms with E-state index in [1.165, 1.54) is 0 Å². The van der Waals surface area contributed by atoms with Crippen LogP contribution < -0.4 is 0 Å². The van der Waals surface area contributed by atoms with Gasteiger partial charge >= 0.3 is 17.4 Å². The second-order valence-electron chi connectivity index (χ2n) is 5.93. The van der Waals surface area contributed by atoms with Crippen LogP contribution in [0.3, 0.4) is 0 Å². The van der Waals surface area contributed by atoms with E-state index in [9.17, 15) is 35.2 Å². The number of quaternary nitrogens is 1. The van der Waals surface area contributed by atoms with Crippen LogP contribution in [0.1, 0.15) is 12.8 Å². The first-order valence-corrected chi connectivity index (χ1v) is 7.93. The Kier molecular flexibility index (Phi) is 6.94. The van der Waals surface area contributed by atoms with Gasteiger partial charge in [0.15, 0.2) is 0 Å². The van der Waals surface area contributed by atoms with E-state index in [0.717, 1.165) is 0 Å². The van der Waals surface area contributed by atoms with Crippen molar-refractivity contribution >= 4 is 16.0 Å². The standard InChI is InChI=1S/C11H19F5N2O4S/c1-18(2,3)8-4-6-17(7-5-9(19)20)23(21,22)11(15,16)10(12,13)14/h4-8H2,1-3H3/p+1. The van der Waals surface area contributed by atoms with Gasteiger partial charge < -0.3 is 9.59 Å². The van der Waals surface area contributed by atoms with Crippen molar-refractivity contribution in [3.8, 4) is 0 Å². The van der Waals surface area contributed by atoms with E-state index in [1.807, 2.05) is 0 Å². The van der Waals surface area contributed by atoms with Crippen LogP contribution in [0.5, 0.6) is 0 Å².